The molecule has 1 saturated heterocycles. The summed E-state index contributed by atoms with van der Waals surface area (Å²) in [7, 11) is 0. The standard InChI is InChI=1S/C14H28N2O2/c1-13(2,3)18-12(17)16-10-8-6-7-9-11(16)14(4,5)15/h11H,6-10,15H2,1-5H3. The zero-order chi connectivity index (χ0) is 14.0. The summed E-state index contributed by atoms with van der Waals surface area (Å²) in [6.45, 7) is 10.4. The van der Waals surface area contributed by atoms with Gasteiger partial charge in [0.2, 0.25) is 0 Å². The molecule has 0 aromatic heterocycles. The molecule has 1 aliphatic heterocycles. The van der Waals surface area contributed by atoms with E-state index in [1.807, 2.05) is 39.5 Å². The Bertz CT molecular complexity index is 289. The number of ether oxygens (including phenoxy) is 1. The number of nitrogens with zero attached hydrogens (tertiary/aromatic N) is 1. The smallest absolute Gasteiger partial charge is 0.410 e. The van der Waals surface area contributed by atoms with Crippen molar-refractivity contribution in [2.24, 2.45) is 5.73 Å². The molecule has 1 heterocycles. The first-order valence-electron chi connectivity index (χ1n) is 6.90. The van der Waals surface area contributed by atoms with Crippen molar-refractivity contribution in [2.75, 3.05) is 6.54 Å². The van der Waals surface area contributed by atoms with Gasteiger partial charge in [0.1, 0.15) is 5.60 Å². The van der Waals surface area contributed by atoms with Gasteiger partial charge in [-0.2, -0.15) is 0 Å². The highest BCUT2D eigenvalue weighted by Gasteiger charge is 2.36. The summed E-state index contributed by atoms with van der Waals surface area (Å²) in [4.78, 5) is 14.1. The molecule has 4 heteroatoms. The third-order valence-corrected chi connectivity index (χ3v) is 3.24. The summed E-state index contributed by atoms with van der Waals surface area (Å²) in [5.41, 5.74) is 5.38. The lowest BCUT2D eigenvalue weighted by atomic mass is 9.91. The Hall–Kier alpha value is -0.770. The first-order chi connectivity index (χ1) is 8.11. The number of amides is 1. The molecular weight excluding hydrogens is 228 g/mol. The van der Waals surface area contributed by atoms with Gasteiger partial charge in [-0.05, 0) is 47.5 Å². The van der Waals surface area contributed by atoms with Gasteiger partial charge in [0.05, 0.1) is 6.04 Å². The van der Waals surface area contributed by atoms with Crippen molar-refractivity contribution in [1.82, 2.24) is 4.90 Å². The summed E-state index contributed by atoms with van der Waals surface area (Å²) in [6, 6.07) is 0.0647. The van der Waals surface area contributed by atoms with Crippen LogP contribution in [0.3, 0.4) is 0 Å². The van der Waals surface area contributed by atoms with Gasteiger partial charge in [-0.1, -0.05) is 12.8 Å². The molecule has 1 unspecified atom stereocenters. The summed E-state index contributed by atoms with van der Waals surface area (Å²) >= 11 is 0. The molecule has 0 bridgehead atoms. The first-order valence-corrected chi connectivity index (χ1v) is 6.90. The molecule has 18 heavy (non-hydrogen) atoms. The second-order valence-corrected chi connectivity index (χ2v) is 6.86. The van der Waals surface area contributed by atoms with Crippen LogP contribution in [0, 0.1) is 0 Å². The summed E-state index contributed by atoms with van der Waals surface area (Å²) in [5, 5.41) is 0. The molecule has 0 saturated carbocycles. The molecule has 0 aromatic rings. The maximum atomic E-state index is 12.3. The largest absolute Gasteiger partial charge is 0.444 e. The highest BCUT2D eigenvalue weighted by molar-refractivity contribution is 5.68. The van der Waals surface area contributed by atoms with Crippen LogP contribution in [-0.2, 0) is 4.74 Å². The van der Waals surface area contributed by atoms with Gasteiger partial charge in [-0.3, -0.25) is 0 Å². The Kier molecular flexibility index (Phi) is 4.65. The van der Waals surface area contributed by atoms with Gasteiger partial charge in [0.15, 0.2) is 0 Å². The molecule has 0 aromatic carbocycles. The average molecular weight is 256 g/mol. The number of hydrogen-bond donors (Lipinski definition) is 1. The van der Waals surface area contributed by atoms with Gasteiger partial charge >= 0.3 is 6.09 Å². The van der Waals surface area contributed by atoms with E-state index in [1.165, 1.54) is 0 Å². The van der Waals surface area contributed by atoms with Gasteiger partial charge in [-0.15, -0.1) is 0 Å². The lowest BCUT2D eigenvalue weighted by molar-refractivity contribution is 0.00937. The van der Waals surface area contributed by atoms with Crippen LogP contribution in [0.15, 0.2) is 0 Å². The fraction of sp³-hybridized carbons (Fsp3) is 0.929. The van der Waals surface area contributed by atoms with E-state index in [2.05, 4.69) is 0 Å². The number of likely N-dealkylation sites (tertiary alicyclic amines) is 1. The number of rotatable bonds is 1. The second-order valence-electron chi connectivity index (χ2n) is 6.86. The van der Waals surface area contributed by atoms with Crippen molar-refractivity contribution in [1.29, 1.82) is 0 Å². The van der Waals surface area contributed by atoms with Crippen LogP contribution < -0.4 is 5.73 Å². The highest BCUT2D eigenvalue weighted by Crippen LogP contribution is 2.25. The van der Waals surface area contributed by atoms with Crippen molar-refractivity contribution in [3.8, 4) is 0 Å². The Morgan fingerprint density at radius 3 is 2.28 bits per heavy atom. The molecule has 2 N–H and O–H groups in total. The molecule has 106 valence electrons. The van der Waals surface area contributed by atoms with Gasteiger partial charge in [0.25, 0.3) is 0 Å². The van der Waals surface area contributed by atoms with Crippen LogP contribution in [0.4, 0.5) is 4.79 Å². The summed E-state index contributed by atoms with van der Waals surface area (Å²) in [6.07, 6.45) is 4.05. The lowest BCUT2D eigenvalue weighted by Gasteiger charge is -2.39. The molecule has 0 spiro atoms. The minimum absolute atomic E-state index is 0.0647. The van der Waals surface area contributed by atoms with Crippen molar-refractivity contribution in [2.45, 2.75) is 77.5 Å². The van der Waals surface area contributed by atoms with Crippen LogP contribution in [0.25, 0.3) is 0 Å². The van der Waals surface area contributed by atoms with Crippen LogP contribution in [0.2, 0.25) is 0 Å². The number of nitrogens with two attached hydrogens (primary N) is 1. The monoisotopic (exact) mass is 256 g/mol. The third kappa shape index (κ3) is 4.48. The van der Waals surface area contributed by atoms with E-state index >= 15 is 0 Å². The van der Waals surface area contributed by atoms with E-state index < -0.39 is 5.60 Å². The highest BCUT2D eigenvalue weighted by atomic mass is 16.6. The van der Waals surface area contributed by atoms with Crippen LogP contribution >= 0.6 is 0 Å². The zero-order valence-corrected chi connectivity index (χ0v) is 12.5. The van der Waals surface area contributed by atoms with Crippen LogP contribution in [0.1, 0.15) is 60.3 Å². The molecule has 0 aliphatic carbocycles. The molecule has 1 rings (SSSR count). The Morgan fingerprint density at radius 2 is 1.78 bits per heavy atom. The van der Waals surface area contributed by atoms with Gasteiger partial charge in [-0.25, -0.2) is 4.79 Å². The van der Waals surface area contributed by atoms with E-state index in [-0.39, 0.29) is 17.7 Å². The van der Waals surface area contributed by atoms with Crippen molar-refractivity contribution >= 4 is 6.09 Å². The number of carbonyl (C=O) groups is 1. The predicted molar refractivity (Wildman–Crippen MR) is 73.5 cm³/mol. The minimum atomic E-state index is -0.452. The van der Waals surface area contributed by atoms with E-state index in [0.717, 1.165) is 32.2 Å². The lowest BCUT2D eigenvalue weighted by Crippen LogP contribution is -2.57. The first kappa shape index (κ1) is 15.3. The quantitative estimate of drug-likeness (QED) is 0.785. The number of carbonyl (C=O) groups excluding carboxylic acids is 1. The zero-order valence-electron chi connectivity index (χ0n) is 12.5. The van der Waals surface area contributed by atoms with Gasteiger partial charge in [0, 0.05) is 12.1 Å². The molecule has 0 radical (unpaired) electrons. The Balaban J connectivity index is 2.83. The third-order valence-electron chi connectivity index (χ3n) is 3.24. The molecule has 1 fully saturated rings. The molecule has 1 amide bonds. The van der Waals surface area contributed by atoms with E-state index in [9.17, 15) is 4.79 Å². The van der Waals surface area contributed by atoms with E-state index in [0.29, 0.717) is 0 Å². The van der Waals surface area contributed by atoms with Crippen molar-refractivity contribution < 1.29 is 9.53 Å². The maximum Gasteiger partial charge on any atom is 0.410 e. The number of hydrogen-bond acceptors (Lipinski definition) is 3. The Labute approximate surface area is 111 Å². The molecule has 1 aliphatic rings. The normalized spacial score (nSPS) is 22.6. The van der Waals surface area contributed by atoms with Crippen LogP contribution in [0.5, 0.6) is 0 Å². The van der Waals surface area contributed by atoms with Gasteiger partial charge < -0.3 is 15.4 Å². The summed E-state index contributed by atoms with van der Waals surface area (Å²) in [5.74, 6) is 0. The minimum Gasteiger partial charge on any atom is -0.444 e. The molecular formula is C14H28N2O2. The summed E-state index contributed by atoms with van der Waals surface area (Å²) < 4.78 is 5.49. The SMILES string of the molecule is CC(C)(C)OC(=O)N1CCCCCC1C(C)(C)N. The van der Waals surface area contributed by atoms with E-state index in [1.54, 1.807) is 0 Å². The predicted octanol–water partition coefficient (Wildman–Crippen LogP) is 2.90. The maximum absolute atomic E-state index is 12.3. The topological polar surface area (TPSA) is 55.6 Å². The van der Waals surface area contributed by atoms with Crippen LogP contribution in [-0.4, -0.2) is 34.7 Å². The van der Waals surface area contributed by atoms with Crippen molar-refractivity contribution in [3.05, 3.63) is 0 Å². The van der Waals surface area contributed by atoms with Crippen molar-refractivity contribution in [3.63, 3.8) is 0 Å². The average Bonchev–Trinajstić information content (AvgIpc) is 2.37. The molecule has 1 atom stereocenters. The Morgan fingerprint density at radius 1 is 1.17 bits per heavy atom. The fourth-order valence-electron chi connectivity index (χ4n) is 2.42. The fourth-order valence-corrected chi connectivity index (χ4v) is 2.42. The molecule has 4 nitrogen and oxygen atoms in total. The second kappa shape index (κ2) is 5.47. The van der Waals surface area contributed by atoms with E-state index in [4.69, 9.17) is 10.5 Å².